The van der Waals surface area contributed by atoms with Crippen LogP contribution in [0.15, 0.2) is 40.6 Å². The summed E-state index contributed by atoms with van der Waals surface area (Å²) in [4.78, 5) is 20.9. The number of hydrogen-bond acceptors (Lipinski definition) is 8. The highest BCUT2D eigenvalue weighted by atomic mass is 32.2. The molecule has 30 heavy (non-hydrogen) atoms. The third-order valence-corrected chi connectivity index (χ3v) is 5.66. The number of thiol groups is 1. The Hall–Kier alpha value is -1.39. The minimum absolute atomic E-state index is 0.163. The lowest BCUT2D eigenvalue weighted by Gasteiger charge is -1.99. The molecule has 1 heterocycles. The van der Waals surface area contributed by atoms with E-state index in [2.05, 4.69) is 40.6 Å². The predicted molar refractivity (Wildman–Crippen MR) is 127 cm³/mol. The van der Waals surface area contributed by atoms with E-state index in [-0.39, 0.29) is 11.7 Å². The summed E-state index contributed by atoms with van der Waals surface area (Å²) in [5.41, 5.74) is 2.42. The fourth-order valence-electron chi connectivity index (χ4n) is 1.77. The third kappa shape index (κ3) is 14.6. The average molecular weight is 479 g/mol. The van der Waals surface area contributed by atoms with Crippen molar-refractivity contribution in [2.24, 2.45) is 0 Å². The highest BCUT2D eigenvalue weighted by Gasteiger charge is 2.04. The molecule has 0 N–H and O–H groups in total. The molecular weight excluding hydrogens is 444 g/mol. The minimum atomic E-state index is -3.02. The van der Waals surface area contributed by atoms with Crippen LogP contribution in [-0.4, -0.2) is 40.6 Å². The molecule has 0 aliphatic heterocycles. The van der Waals surface area contributed by atoms with Gasteiger partial charge in [0.1, 0.15) is 6.61 Å². The largest absolute Gasteiger partial charge is 0.468 e. The molecule has 0 fully saturated rings. The second-order valence-corrected chi connectivity index (χ2v) is 8.80. The van der Waals surface area contributed by atoms with Crippen LogP contribution < -0.4 is 0 Å². The molecule has 0 radical (unpaired) electrons. The van der Waals surface area contributed by atoms with Crippen molar-refractivity contribution < 1.29 is 27.7 Å². The maximum Gasteiger partial charge on any atom is 0.315 e. The molecule has 1 aromatic heterocycles. The maximum absolute atomic E-state index is 10.9. The summed E-state index contributed by atoms with van der Waals surface area (Å²) in [6, 6.07) is 8.93. The standard InChI is InChI=1S/C8H10O2S.C8H12O2S.C3H6O2S.C2H6/c1-7-3-5-8(6-4-7)11(2,9)10;1-3-7-4-5-11-8(7)6-10-9-2;1-5-3(4)2-6;1-2/h3-6H,1-2H3;4-5H,3,6H2,1-2H3;6H,2H2,1H3;1-2H3. The molecule has 0 bridgehead atoms. The highest BCUT2D eigenvalue weighted by Crippen LogP contribution is 2.18. The van der Waals surface area contributed by atoms with Gasteiger partial charge >= 0.3 is 5.97 Å². The zero-order valence-electron chi connectivity index (χ0n) is 18.8. The smallest absolute Gasteiger partial charge is 0.315 e. The van der Waals surface area contributed by atoms with Crippen molar-refractivity contribution in [1.82, 2.24) is 0 Å². The van der Waals surface area contributed by atoms with Gasteiger partial charge in [0, 0.05) is 11.1 Å². The molecule has 0 amide bonds. The number of ether oxygens (including phenoxy) is 1. The van der Waals surface area contributed by atoms with Crippen molar-refractivity contribution in [1.29, 1.82) is 0 Å². The molecule has 0 unspecified atom stereocenters. The van der Waals surface area contributed by atoms with Crippen LogP contribution >= 0.6 is 24.0 Å². The highest BCUT2D eigenvalue weighted by molar-refractivity contribution is 7.90. The van der Waals surface area contributed by atoms with Gasteiger partial charge in [-0.05, 0) is 42.5 Å². The lowest BCUT2D eigenvalue weighted by atomic mass is 10.2. The number of benzene rings is 1. The zero-order chi connectivity index (χ0) is 23.6. The molecule has 172 valence electrons. The molecule has 9 heteroatoms. The normalized spacial score (nSPS) is 9.73. The van der Waals surface area contributed by atoms with Crippen LogP contribution in [0.5, 0.6) is 0 Å². The van der Waals surface area contributed by atoms with Gasteiger partial charge < -0.3 is 4.74 Å². The fourth-order valence-corrected chi connectivity index (χ4v) is 3.41. The van der Waals surface area contributed by atoms with E-state index in [1.54, 1.807) is 35.6 Å². The monoisotopic (exact) mass is 478 g/mol. The first kappa shape index (κ1) is 30.8. The Bertz CT molecular complexity index is 777. The summed E-state index contributed by atoms with van der Waals surface area (Å²) < 4.78 is 26.1. The Morgan fingerprint density at radius 2 is 1.67 bits per heavy atom. The Kier molecular flexibility index (Phi) is 18.9. The Morgan fingerprint density at radius 3 is 2.03 bits per heavy atom. The van der Waals surface area contributed by atoms with Crippen molar-refractivity contribution in [3.8, 4) is 0 Å². The van der Waals surface area contributed by atoms with Crippen LogP contribution in [-0.2, 0) is 42.2 Å². The molecule has 0 atom stereocenters. The topological polar surface area (TPSA) is 78.9 Å². The predicted octanol–water partition coefficient (Wildman–Crippen LogP) is 4.90. The van der Waals surface area contributed by atoms with Gasteiger partial charge in [0.25, 0.3) is 0 Å². The van der Waals surface area contributed by atoms with Crippen LogP contribution in [0.4, 0.5) is 0 Å². The lowest BCUT2D eigenvalue weighted by molar-refractivity contribution is -0.281. The molecule has 1 aromatic carbocycles. The van der Waals surface area contributed by atoms with Gasteiger partial charge in [0.15, 0.2) is 9.84 Å². The average Bonchev–Trinajstić information content (AvgIpc) is 3.21. The number of carbonyl (C=O) groups excluding carboxylic acids is 1. The maximum atomic E-state index is 10.9. The summed E-state index contributed by atoms with van der Waals surface area (Å²) in [6.45, 7) is 8.63. The Balaban J connectivity index is 0. The van der Waals surface area contributed by atoms with E-state index in [9.17, 15) is 13.2 Å². The number of methoxy groups -OCH3 is 1. The number of hydrogen-bond donors (Lipinski definition) is 1. The molecule has 2 rings (SSSR count). The van der Waals surface area contributed by atoms with E-state index in [1.807, 2.05) is 20.8 Å². The molecule has 0 aliphatic carbocycles. The van der Waals surface area contributed by atoms with Crippen LogP contribution in [0.25, 0.3) is 0 Å². The van der Waals surface area contributed by atoms with Gasteiger partial charge in [-0.2, -0.15) is 12.6 Å². The number of thiophene rings is 1. The number of esters is 1. The first-order valence-corrected chi connectivity index (χ1v) is 12.7. The first-order valence-electron chi connectivity index (χ1n) is 9.34. The van der Waals surface area contributed by atoms with E-state index < -0.39 is 9.84 Å². The van der Waals surface area contributed by atoms with Crippen molar-refractivity contribution in [2.75, 3.05) is 26.2 Å². The molecule has 0 saturated carbocycles. The second-order valence-electron chi connectivity index (χ2n) is 5.47. The van der Waals surface area contributed by atoms with Gasteiger partial charge in [-0.3, -0.25) is 4.79 Å². The van der Waals surface area contributed by atoms with E-state index in [1.165, 1.54) is 30.9 Å². The van der Waals surface area contributed by atoms with Crippen LogP contribution in [0.1, 0.15) is 36.8 Å². The van der Waals surface area contributed by atoms with E-state index in [4.69, 9.17) is 4.89 Å². The summed E-state index contributed by atoms with van der Waals surface area (Å²) in [5.74, 6) is -0.130. The summed E-state index contributed by atoms with van der Waals surface area (Å²) >= 11 is 5.33. The van der Waals surface area contributed by atoms with Crippen molar-refractivity contribution in [3.05, 3.63) is 51.7 Å². The first-order chi connectivity index (χ1) is 14.2. The van der Waals surface area contributed by atoms with Gasteiger partial charge in [-0.1, -0.05) is 38.5 Å². The second kappa shape index (κ2) is 18.4. The van der Waals surface area contributed by atoms with Crippen molar-refractivity contribution >= 4 is 39.8 Å². The fraction of sp³-hybridized carbons (Fsp3) is 0.476. The van der Waals surface area contributed by atoms with E-state index in [0.29, 0.717) is 11.5 Å². The van der Waals surface area contributed by atoms with Crippen LogP contribution in [0.2, 0.25) is 0 Å². The Labute approximate surface area is 190 Å². The number of rotatable bonds is 6. The summed E-state index contributed by atoms with van der Waals surface area (Å²) in [7, 11) is -0.161. The Morgan fingerprint density at radius 1 is 1.10 bits per heavy atom. The molecule has 0 spiro atoms. The van der Waals surface area contributed by atoms with Gasteiger partial charge in [-0.25, -0.2) is 18.2 Å². The van der Waals surface area contributed by atoms with Crippen molar-refractivity contribution in [2.45, 2.75) is 45.6 Å². The van der Waals surface area contributed by atoms with E-state index >= 15 is 0 Å². The molecule has 0 saturated heterocycles. The molecular formula is C21H34O6S3. The molecule has 6 nitrogen and oxygen atoms in total. The van der Waals surface area contributed by atoms with Gasteiger partial charge in [0.05, 0.1) is 24.9 Å². The van der Waals surface area contributed by atoms with Gasteiger partial charge in [-0.15, -0.1) is 11.3 Å². The SMILES string of the molecule is CC.CCc1ccsc1COOC.COC(=O)CS.Cc1ccc(S(C)(=O)=O)cc1. The number of aryl methyl sites for hydroxylation is 2. The molecule has 0 aliphatic rings. The number of carbonyl (C=O) groups is 1. The summed E-state index contributed by atoms with van der Waals surface area (Å²) in [5, 5.41) is 2.08. The van der Waals surface area contributed by atoms with Crippen LogP contribution in [0, 0.1) is 6.92 Å². The van der Waals surface area contributed by atoms with Gasteiger partial charge in [0.2, 0.25) is 0 Å². The van der Waals surface area contributed by atoms with Crippen LogP contribution in [0.3, 0.4) is 0 Å². The van der Waals surface area contributed by atoms with Crippen molar-refractivity contribution in [3.63, 3.8) is 0 Å². The molecule has 2 aromatic rings. The quantitative estimate of drug-likeness (QED) is 0.275. The van der Waals surface area contributed by atoms with E-state index in [0.717, 1.165) is 12.0 Å². The number of sulfone groups is 1. The lowest BCUT2D eigenvalue weighted by Crippen LogP contribution is -1.99. The third-order valence-electron chi connectivity index (χ3n) is 3.33. The summed E-state index contributed by atoms with van der Waals surface area (Å²) in [6.07, 6.45) is 2.27. The minimum Gasteiger partial charge on any atom is -0.468 e. The zero-order valence-corrected chi connectivity index (χ0v) is 21.3.